The topological polar surface area (TPSA) is 86.6 Å². The van der Waals surface area contributed by atoms with Gasteiger partial charge in [0.1, 0.15) is 11.5 Å². The predicted octanol–water partition coefficient (Wildman–Crippen LogP) is 5.00. The van der Waals surface area contributed by atoms with Crippen LogP contribution in [0.4, 0.5) is 5.69 Å². The summed E-state index contributed by atoms with van der Waals surface area (Å²) in [5.41, 5.74) is 3.24. The molecule has 0 radical (unpaired) electrons. The van der Waals surface area contributed by atoms with Crippen LogP contribution in [-0.2, 0) is 10.0 Å². The number of rotatable bonds is 5. The molecule has 0 saturated carbocycles. The molecule has 0 aliphatic rings. The van der Waals surface area contributed by atoms with Gasteiger partial charge in [-0.25, -0.2) is 8.42 Å². The maximum absolute atomic E-state index is 12.6. The average Bonchev–Trinajstić information content (AvgIpc) is 2.61. The summed E-state index contributed by atoms with van der Waals surface area (Å²) >= 11 is 0. The van der Waals surface area contributed by atoms with Crippen LogP contribution in [0.5, 0.6) is 11.5 Å². The Balaban J connectivity index is 1.97. The van der Waals surface area contributed by atoms with Gasteiger partial charge in [0.15, 0.2) is 0 Å². The zero-order chi connectivity index (χ0) is 20.5. The minimum absolute atomic E-state index is 0.0347. The molecule has 0 fully saturated rings. The lowest BCUT2D eigenvalue weighted by atomic mass is 9.95. The van der Waals surface area contributed by atoms with Crippen LogP contribution in [0.25, 0.3) is 11.1 Å². The summed E-state index contributed by atoms with van der Waals surface area (Å²) in [4.78, 5) is 0.179. The molecule has 0 aliphatic carbocycles. The number of sulfonamides is 1. The van der Waals surface area contributed by atoms with E-state index in [1.807, 2.05) is 20.8 Å². The molecule has 3 rings (SSSR count). The van der Waals surface area contributed by atoms with E-state index < -0.39 is 10.0 Å². The number of hydrogen-bond acceptors (Lipinski definition) is 4. The zero-order valence-electron chi connectivity index (χ0n) is 16.0. The Hall–Kier alpha value is -2.99. The quantitative estimate of drug-likeness (QED) is 0.566. The molecule has 146 valence electrons. The summed E-state index contributed by atoms with van der Waals surface area (Å²) in [6.45, 7) is 5.78. The molecule has 3 aromatic rings. The molecule has 0 amide bonds. The lowest BCUT2D eigenvalue weighted by Gasteiger charge is -2.14. The Morgan fingerprint density at radius 3 is 2.21 bits per heavy atom. The lowest BCUT2D eigenvalue weighted by molar-refractivity contribution is 0.445. The van der Waals surface area contributed by atoms with E-state index in [1.54, 1.807) is 54.6 Å². The van der Waals surface area contributed by atoms with E-state index in [0.29, 0.717) is 22.4 Å². The van der Waals surface area contributed by atoms with Crippen LogP contribution < -0.4 is 4.72 Å². The van der Waals surface area contributed by atoms with Crippen molar-refractivity contribution in [2.24, 2.45) is 0 Å². The largest absolute Gasteiger partial charge is 0.508 e. The highest BCUT2D eigenvalue weighted by Crippen LogP contribution is 2.38. The highest BCUT2D eigenvalue weighted by atomic mass is 32.2. The highest BCUT2D eigenvalue weighted by molar-refractivity contribution is 7.92. The maximum Gasteiger partial charge on any atom is 0.261 e. The van der Waals surface area contributed by atoms with Crippen molar-refractivity contribution in [2.75, 3.05) is 4.72 Å². The molecule has 0 spiro atoms. The third kappa shape index (κ3) is 4.12. The number of aryl methyl sites for hydroxylation is 1. The summed E-state index contributed by atoms with van der Waals surface area (Å²) in [7, 11) is -3.72. The molecule has 0 bridgehead atoms. The van der Waals surface area contributed by atoms with Crippen LogP contribution in [0, 0.1) is 6.92 Å². The Kier molecular flexibility index (Phi) is 5.34. The van der Waals surface area contributed by atoms with E-state index >= 15 is 0 Å². The summed E-state index contributed by atoms with van der Waals surface area (Å²) in [6.07, 6.45) is 0. The third-order valence-electron chi connectivity index (χ3n) is 4.52. The van der Waals surface area contributed by atoms with Crippen LogP contribution in [0.1, 0.15) is 30.9 Å². The Bertz CT molecular complexity index is 1100. The second kappa shape index (κ2) is 7.56. The molecular weight excluding hydrogens is 374 g/mol. The van der Waals surface area contributed by atoms with Crippen LogP contribution in [0.2, 0.25) is 0 Å². The summed E-state index contributed by atoms with van der Waals surface area (Å²) in [5.74, 6) is 0.0375. The first-order valence-corrected chi connectivity index (χ1v) is 10.4. The van der Waals surface area contributed by atoms with E-state index in [1.165, 1.54) is 6.07 Å². The molecule has 0 unspecified atom stereocenters. The molecule has 5 nitrogen and oxygen atoms in total. The average molecular weight is 397 g/mol. The van der Waals surface area contributed by atoms with Gasteiger partial charge in [-0.3, -0.25) is 4.72 Å². The summed E-state index contributed by atoms with van der Waals surface area (Å²) < 4.78 is 27.8. The fourth-order valence-corrected chi connectivity index (χ4v) is 4.02. The second-order valence-corrected chi connectivity index (χ2v) is 8.76. The number of aromatic hydroxyl groups is 2. The van der Waals surface area contributed by atoms with Crippen LogP contribution in [0.15, 0.2) is 65.6 Å². The predicted molar refractivity (Wildman–Crippen MR) is 111 cm³/mol. The number of phenolic OH excluding ortho intramolecular Hbond substituents is 2. The van der Waals surface area contributed by atoms with Crippen LogP contribution in [-0.4, -0.2) is 18.6 Å². The van der Waals surface area contributed by atoms with Crippen molar-refractivity contribution in [1.82, 2.24) is 0 Å². The second-order valence-electron chi connectivity index (χ2n) is 7.08. The van der Waals surface area contributed by atoms with Crippen molar-refractivity contribution in [1.29, 1.82) is 0 Å². The minimum atomic E-state index is -3.72. The van der Waals surface area contributed by atoms with Crippen LogP contribution in [0.3, 0.4) is 0 Å². The van der Waals surface area contributed by atoms with Crippen molar-refractivity contribution < 1.29 is 18.6 Å². The maximum atomic E-state index is 12.6. The normalized spacial score (nSPS) is 11.6. The van der Waals surface area contributed by atoms with E-state index in [4.69, 9.17) is 0 Å². The molecular formula is C22H23NO4S. The van der Waals surface area contributed by atoms with Crippen molar-refractivity contribution in [3.05, 3.63) is 71.8 Å². The molecule has 0 aromatic heterocycles. The van der Waals surface area contributed by atoms with Crippen molar-refractivity contribution in [3.8, 4) is 22.6 Å². The smallest absolute Gasteiger partial charge is 0.261 e. The number of hydrogen-bond donors (Lipinski definition) is 3. The van der Waals surface area contributed by atoms with E-state index in [9.17, 15) is 18.6 Å². The van der Waals surface area contributed by atoms with Gasteiger partial charge in [0.05, 0.1) is 4.90 Å². The Labute approximate surface area is 165 Å². The summed E-state index contributed by atoms with van der Waals surface area (Å²) in [6, 6.07) is 16.4. The molecule has 0 heterocycles. The van der Waals surface area contributed by atoms with Crippen molar-refractivity contribution in [3.63, 3.8) is 0 Å². The van der Waals surface area contributed by atoms with E-state index in [2.05, 4.69) is 4.72 Å². The summed E-state index contributed by atoms with van der Waals surface area (Å²) in [5, 5.41) is 20.3. The number of nitrogens with one attached hydrogen (secondary N) is 1. The number of benzene rings is 3. The third-order valence-corrected chi connectivity index (χ3v) is 5.92. The van der Waals surface area contributed by atoms with E-state index in [-0.39, 0.29) is 22.3 Å². The molecule has 3 aromatic carbocycles. The van der Waals surface area contributed by atoms with Gasteiger partial charge < -0.3 is 10.2 Å². The molecule has 0 aliphatic heterocycles. The van der Waals surface area contributed by atoms with Gasteiger partial charge in [0.2, 0.25) is 0 Å². The first-order chi connectivity index (χ1) is 13.2. The first-order valence-electron chi connectivity index (χ1n) is 8.93. The Morgan fingerprint density at radius 2 is 1.57 bits per heavy atom. The standard InChI is InChI=1S/C22H23NO4S/c1-14(2)19-12-20(22(25)13-21(19)24)16-5-4-6-17(11-16)23-28(26,27)18-9-7-15(3)8-10-18/h4-14,23-25H,1-3H3. The van der Waals surface area contributed by atoms with Crippen LogP contribution >= 0.6 is 0 Å². The van der Waals surface area contributed by atoms with Gasteiger partial charge in [-0.05, 0) is 54.3 Å². The first kappa shape index (κ1) is 19.8. The molecule has 3 N–H and O–H groups in total. The van der Waals surface area contributed by atoms with Crippen molar-refractivity contribution in [2.45, 2.75) is 31.6 Å². The molecule has 0 atom stereocenters. The fraction of sp³-hybridized carbons (Fsp3) is 0.182. The van der Waals surface area contributed by atoms with Gasteiger partial charge >= 0.3 is 0 Å². The number of phenols is 2. The van der Waals surface area contributed by atoms with Crippen molar-refractivity contribution >= 4 is 15.7 Å². The van der Waals surface area contributed by atoms with Gasteiger partial charge in [-0.1, -0.05) is 43.7 Å². The SMILES string of the molecule is Cc1ccc(S(=O)(=O)Nc2cccc(-c3cc(C(C)C)c(O)cc3O)c2)cc1. The number of anilines is 1. The zero-order valence-corrected chi connectivity index (χ0v) is 16.8. The highest BCUT2D eigenvalue weighted by Gasteiger charge is 2.16. The monoisotopic (exact) mass is 397 g/mol. The van der Waals surface area contributed by atoms with Gasteiger partial charge in [0.25, 0.3) is 10.0 Å². The molecule has 6 heteroatoms. The van der Waals surface area contributed by atoms with Gasteiger partial charge in [0, 0.05) is 17.3 Å². The minimum Gasteiger partial charge on any atom is -0.508 e. The lowest BCUT2D eigenvalue weighted by Crippen LogP contribution is -2.12. The molecule has 0 saturated heterocycles. The fourth-order valence-electron chi connectivity index (χ4n) is 2.97. The van der Waals surface area contributed by atoms with E-state index in [0.717, 1.165) is 5.56 Å². The van der Waals surface area contributed by atoms with Gasteiger partial charge in [-0.2, -0.15) is 0 Å². The molecule has 28 heavy (non-hydrogen) atoms. The van der Waals surface area contributed by atoms with Gasteiger partial charge in [-0.15, -0.1) is 0 Å². The Morgan fingerprint density at radius 1 is 0.893 bits per heavy atom.